The van der Waals surface area contributed by atoms with Crippen LogP contribution in [0.5, 0.6) is 0 Å². The molecular weight excluding hydrogens is 314 g/mol. The molecule has 5 heteroatoms. The first-order valence-electron chi connectivity index (χ1n) is 9.54. The number of carbonyl (C=O) groups excluding carboxylic acids is 2. The number of benzene rings is 1. The molecule has 2 heterocycles. The summed E-state index contributed by atoms with van der Waals surface area (Å²) in [4.78, 5) is 31.4. The molecule has 3 rings (SSSR count). The largest absolute Gasteiger partial charge is 0.340 e. The molecule has 25 heavy (non-hydrogen) atoms. The Morgan fingerprint density at radius 2 is 1.96 bits per heavy atom. The number of hydrogen-bond donors (Lipinski definition) is 0. The van der Waals surface area contributed by atoms with E-state index in [1.807, 2.05) is 23.1 Å². The number of nitrogens with zero attached hydrogens (tertiary/aromatic N) is 3. The van der Waals surface area contributed by atoms with Crippen molar-refractivity contribution >= 4 is 17.5 Å². The normalized spacial score (nSPS) is 20.8. The molecule has 2 aliphatic rings. The Morgan fingerprint density at radius 3 is 2.72 bits per heavy atom. The number of fused-ring (bicyclic) bond motifs is 1. The van der Waals surface area contributed by atoms with Gasteiger partial charge in [0.15, 0.2) is 0 Å². The molecule has 2 amide bonds. The van der Waals surface area contributed by atoms with E-state index in [1.165, 1.54) is 5.56 Å². The van der Waals surface area contributed by atoms with Gasteiger partial charge in [-0.3, -0.25) is 14.5 Å². The summed E-state index contributed by atoms with van der Waals surface area (Å²) in [6.45, 7) is 8.11. The number of anilines is 1. The van der Waals surface area contributed by atoms with Crippen LogP contribution in [0.2, 0.25) is 0 Å². The van der Waals surface area contributed by atoms with E-state index >= 15 is 0 Å². The quantitative estimate of drug-likeness (QED) is 0.824. The van der Waals surface area contributed by atoms with Gasteiger partial charge in [0.2, 0.25) is 11.8 Å². The van der Waals surface area contributed by atoms with Crippen LogP contribution in [0.3, 0.4) is 0 Å². The maximum Gasteiger partial charge on any atom is 0.242 e. The molecule has 0 aromatic heterocycles. The highest BCUT2D eigenvalue weighted by atomic mass is 16.2. The van der Waals surface area contributed by atoms with E-state index in [2.05, 4.69) is 24.8 Å². The van der Waals surface area contributed by atoms with Crippen LogP contribution in [0.4, 0.5) is 5.69 Å². The van der Waals surface area contributed by atoms with Crippen molar-refractivity contribution in [3.8, 4) is 0 Å². The Bertz CT molecular complexity index is 627. The first-order chi connectivity index (χ1) is 12.1. The molecule has 0 bridgehead atoms. The number of aryl methyl sites for hydroxylation is 1. The fourth-order valence-electron chi connectivity index (χ4n) is 4.10. The Labute approximate surface area is 150 Å². The molecular formula is C20H29N3O2. The van der Waals surface area contributed by atoms with Crippen molar-refractivity contribution in [2.75, 3.05) is 37.6 Å². The standard InChI is InChI=1S/C20H29N3O2/c1-3-21(4-2)17-12-13-22(14-17)20(25)15-23-18-10-6-5-8-16(18)9-7-11-19(23)24/h5-6,8,10,17H,3-4,7,9,11-15H2,1-2H3. The van der Waals surface area contributed by atoms with Gasteiger partial charge in [-0.05, 0) is 44.0 Å². The van der Waals surface area contributed by atoms with Gasteiger partial charge in [0.05, 0.1) is 0 Å². The van der Waals surface area contributed by atoms with Crippen molar-refractivity contribution < 1.29 is 9.59 Å². The van der Waals surface area contributed by atoms with E-state index in [1.54, 1.807) is 4.90 Å². The van der Waals surface area contributed by atoms with Crippen LogP contribution in [0.1, 0.15) is 38.7 Å². The van der Waals surface area contributed by atoms with Gasteiger partial charge in [0.25, 0.3) is 0 Å². The lowest BCUT2D eigenvalue weighted by atomic mass is 10.1. The number of hydrogen-bond acceptors (Lipinski definition) is 3. The van der Waals surface area contributed by atoms with Crippen molar-refractivity contribution in [2.24, 2.45) is 0 Å². The molecule has 1 unspecified atom stereocenters. The second kappa shape index (κ2) is 8.00. The first-order valence-corrected chi connectivity index (χ1v) is 9.54. The average Bonchev–Trinajstić information content (AvgIpc) is 3.05. The summed E-state index contributed by atoms with van der Waals surface area (Å²) < 4.78 is 0. The summed E-state index contributed by atoms with van der Waals surface area (Å²) in [6, 6.07) is 8.43. The van der Waals surface area contributed by atoms with Crippen LogP contribution in [0, 0.1) is 0 Å². The average molecular weight is 343 g/mol. The van der Waals surface area contributed by atoms with Crippen molar-refractivity contribution in [1.29, 1.82) is 0 Å². The monoisotopic (exact) mass is 343 g/mol. The predicted molar refractivity (Wildman–Crippen MR) is 99.6 cm³/mol. The molecule has 1 aromatic rings. The topological polar surface area (TPSA) is 43.9 Å². The zero-order valence-corrected chi connectivity index (χ0v) is 15.4. The van der Waals surface area contributed by atoms with Gasteiger partial charge in [0, 0.05) is 31.2 Å². The highest BCUT2D eigenvalue weighted by molar-refractivity contribution is 5.99. The number of para-hydroxylation sites is 1. The lowest BCUT2D eigenvalue weighted by Crippen LogP contribution is -2.44. The Kier molecular flexibility index (Phi) is 5.74. The van der Waals surface area contributed by atoms with E-state index in [-0.39, 0.29) is 18.4 Å². The van der Waals surface area contributed by atoms with Crippen molar-refractivity contribution in [2.45, 2.75) is 45.6 Å². The summed E-state index contributed by atoms with van der Waals surface area (Å²) >= 11 is 0. The first kappa shape index (κ1) is 17.9. The minimum Gasteiger partial charge on any atom is -0.340 e. The van der Waals surface area contributed by atoms with Crippen molar-refractivity contribution in [3.05, 3.63) is 29.8 Å². The summed E-state index contributed by atoms with van der Waals surface area (Å²) in [6.07, 6.45) is 3.30. The van der Waals surface area contributed by atoms with Gasteiger partial charge in [-0.2, -0.15) is 0 Å². The zero-order chi connectivity index (χ0) is 17.8. The SMILES string of the molecule is CCN(CC)C1CCN(C(=O)CN2C(=O)CCCc3ccccc32)C1. The third-order valence-corrected chi connectivity index (χ3v) is 5.56. The molecule has 0 N–H and O–H groups in total. The molecule has 2 aliphatic heterocycles. The van der Waals surface area contributed by atoms with Gasteiger partial charge in [0.1, 0.15) is 6.54 Å². The molecule has 0 saturated carbocycles. The molecule has 5 nitrogen and oxygen atoms in total. The smallest absolute Gasteiger partial charge is 0.242 e. The highest BCUT2D eigenvalue weighted by Gasteiger charge is 2.31. The third kappa shape index (κ3) is 3.87. The second-order valence-electron chi connectivity index (χ2n) is 6.97. The number of carbonyl (C=O) groups is 2. The molecule has 1 fully saturated rings. The highest BCUT2D eigenvalue weighted by Crippen LogP contribution is 2.27. The number of rotatable bonds is 5. The minimum absolute atomic E-state index is 0.0674. The fourth-order valence-corrected chi connectivity index (χ4v) is 4.10. The molecule has 1 saturated heterocycles. The molecule has 0 spiro atoms. The van der Waals surface area contributed by atoms with Crippen LogP contribution >= 0.6 is 0 Å². The summed E-state index contributed by atoms with van der Waals surface area (Å²) in [5, 5.41) is 0. The Morgan fingerprint density at radius 1 is 1.20 bits per heavy atom. The van der Waals surface area contributed by atoms with E-state index < -0.39 is 0 Å². The molecule has 136 valence electrons. The predicted octanol–water partition coefficient (Wildman–Crippen LogP) is 2.30. The van der Waals surface area contributed by atoms with E-state index in [9.17, 15) is 9.59 Å². The van der Waals surface area contributed by atoms with Gasteiger partial charge in [-0.15, -0.1) is 0 Å². The van der Waals surface area contributed by atoms with Crippen LogP contribution in [0.25, 0.3) is 0 Å². The van der Waals surface area contributed by atoms with Crippen LogP contribution in [-0.2, 0) is 16.0 Å². The van der Waals surface area contributed by atoms with Crippen LogP contribution in [-0.4, -0.2) is 60.4 Å². The van der Waals surface area contributed by atoms with Gasteiger partial charge in [-0.25, -0.2) is 0 Å². The third-order valence-electron chi connectivity index (χ3n) is 5.56. The van der Waals surface area contributed by atoms with Crippen LogP contribution in [0.15, 0.2) is 24.3 Å². The maximum atomic E-state index is 12.8. The summed E-state index contributed by atoms with van der Waals surface area (Å²) in [7, 11) is 0. The zero-order valence-electron chi connectivity index (χ0n) is 15.4. The molecule has 1 atom stereocenters. The fraction of sp³-hybridized carbons (Fsp3) is 0.600. The number of likely N-dealkylation sites (N-methyl/N-ethyl adjacent to an activating group) is 1. The van der Waals surface area contributed by atoms with E-state index in [0.29, 0.717) is 12.5 Å². The van der Waals surface area contributed by atoms with Crippen molar-refractivity contribution in [3.63, 3.8) is 0 Å². The van der Waals surface area contributed by atoms with Gasteiger partial charge >= 0.3 is 0 Å². The minimum atomic E-state index is 0.0674. The van der Waals surface area contributed by atoms with E-state index in [4.69, 9.17) is 0 Å². The Hall–Kier alpha value is -1.88. The lowest BCUT2D eigenvalue weighted by Gasteiger charge is -2.28. The molecule has 0 aliphatic carbocycles. The van der Waals surface area contributed by atoms with Gasteiger partial charge < -0.3 is 9.80 Å². The molecule has 0 radical (unpaired) electrons. The van der Waals surface area contributed by atoms with Crippen molar-refractivity contribution in [1.82, 2.24) is 9.80 Å². The number of amides is 2. The second-order valence-corrected chi connectivity index (χ2v) is 6.97. The lowest BCUT2D eigenvalue weighted by molar-refractivity contribution is -0.130. The van der Waals surface area contributed by atoms with E-state index in [0.717, 1.165) is 51.1 Å². The number of likely N-dealkylation sites (tertiary alicyclic amines) is 1. The summed E-state index contributed by atoms with van der Waals surface area (Å²) in [5.41, 5.74) is 2.08. The van der Waals surface area contributed by atoms with Crippen LogP contribution < -0.4 is 4.90 Å². The Balaban J connectivity index is 1.69. The molecule has 1 aromatic carbocycles. The summed E-state index contributed by atoms with van der Waals surface area (Å²) in [5.74, 6) is 0.137. The maximum absolute atomic E-state index is 12.8. The van der Waals surface area contributed by atoms with Gasteiger partial charge in [-0.1, -0.05) is 32.0 Å².